The fourth-order valence-corrected chi connectivity index (χ4v) is 3.39. The van der Waals surface area contributed by atoms with Crippen LogP contribution in [0.4, 0.5) is 16.2 Å². The lowest BCUT2D eigenvalue weighted by atomic mass is 10.2. The molecule has 0 saturated carbocycles. The average Bonchev–Trinajstić information content (AvgIpc) is 3.12. The van der Waals surface area contributed by atoms with Crippen LogP contribution < -0.4 is 19.7 Å². The first kappa shape index (κ1) is 18.9. The van der Waals surface area contributed by atoms with Crippen molar-refractivity contribution in [2.45, 2.75) is 18.9 Å². The number of hydrogen-bond acceptors (Lipinski definition) is 6. The molecule has 0 bridgehead atoms. The molecule has 3 rings (SSSR count). The van der Waals surface area contributed by atoms with Gasteiger partial charge in [-0.05, 0) is 50.2 Å². The fourth-order valence-electron chi connectivity index (χ4n) is 2.77. The van der Waals surface area contributed by atoms with Gasteiger partial charge in [-0.3, -0.25) is 4.72 Å². The van der Waals surface area contributed by atoms with Crippen LogP contribution in [0.15, 0.2) is 52.0 Å². The molecule has 0 aliphatic heterocycles. The molecule has 142 valence electrons. The summed E-state index contributed by atoms with van der Waals surface area (Å²) < 4.78 is 13.3. The molecule has 2 amide bonds. The first-order valence-corrected chi connectivity index (χ1v) is 9.49. The fraction of sp³-hybridized carbons (Fsp3) is 0.263. The molecule has 7 nitrogen and oxygen atoms in total. The van der Waals surface area contributed by atoms with Crippen LogP contribution in [0.3, 0.4) is 0 Å². The van der Waals surface area contributed by atoms with Crippen LogP contribution in [0.5, 0.6) is 5.75 Å². The van der Waals surface area contributed by atoms with E-state index in [4.69, 9.17) is 9.26 Å². The molecule has 0 radical (unpaired) electrons. The summed E-state index contributed by atoms with van der Waals surface area (Å²) in [7, 11) is 1.58. The Kier molecular flexibility index (Phi) is 6.08. The number of fused-ring (bicyclic) bond motifs is 1. The van der Waals surface area contributed by atoms with Crippen molar-refractivity contribution in [1.29, 1.82) is 0 Å². The molecule has 2 aromatic carbocycles. The van der Waals surface area contributed by atoms with Gasteiger partial charge in [0.25, 0.3) is 0 Å². The number of rotatable bonds is 7. The molecule has 0 aliphatic rings. The molecule has 0 atom stereocenters. The number of amides is 2. The highest BCUT2D eigenvalue weighted by molar-refractivity contribution is 7.98. The Balaban J connectivity index is 1.62. The quantitative estimate of drug-likeness (QED) is 0.582. The van der Waals surface area contributed by atoms with Gasteiger partial charge in [0.2, 0.25) is 0 Å². The highest BCUT2D eigenvalue weighted by atomic mass is 32.2. The van der Waals surface area contributed by atoms with Crippen LogP contribution in [-0.2, 0) is 0 Å². The summed E-state index contributed by atoms with van der Waals surface area (Å²) in [6.45, 7) is 6.11. The number of hydrogen-bond donors (Lipinski definition) is 2. The smallest absolute Gasteiger partial charge is 0.329 e. The molecular weight excluding hydrogens is 364 g/mol. The van der Waals surface area contributed by atoms with Gasteiger partial charge in [0.15, 0.2) is 10.6 Å². The second kappa shape index (κ2) is 8.68. The Morgan fingerprint density at radius 3 is 2.59 bits per heavy atom. The molecular formula is C19H22N4O3S. The van der Waals surface area contributed by atoms with Gasteiger partial charge in [0.05, 0.1) is 12.5 Å². The van der Waals surface area contributed by atoms with Crippen molar-refractivity contribution in [3.05, 3.63) is 42.5 Å². The van der Waals surface area contributed by atoms with Crippen molar-refractivity contribution >= 4 is 40.3 Å². The van der Waals surface area contributed by atoms with Gasteiger partial charge in [-0.2, -0.15) is 0 Å². The number of carbonyl (C=O) groups excluding carboxylic acids is 1. The second-order valence-electron chi connectivity index (χ2n) is 5.70. The van der Waals surface area contributed by atoms with E-state index in [1.807, 2.05) is 36.4 Å². The maximum atomic E-state index is 12.2. The first-order valence-electron chi connectivity index (χ1n) is 8.67. The van der Waals surface area contributed by atoms with Crippen molar-refractivity contribution in [1.82, 2.24) is 9.88 Å². The number of carbonyl (C=O) groups is 1. The molecule has 8 heteroatoms. The van der Waals surface area contributed by atoms with E-state index in [1.165, 1.54) is 0 Å². The molecule has 0 fully saturated rings. The topological polar surface area (TPSA) is 79.6 Å². The van der Waals surface area contributed by atoms with Crippen molar-refractivity contribution in [3.63, 3.8) is 0 Å². The summed E-state index contributed by atoms with van der Waals surface area (Å²) >= 11 is 1.07. The monoisotopic (exact) mass is 386 g/mol. The third-order valence-electron chi connectivity index (χ3n) is 4.14. The lowest BCUT2D eigenvalue weighted by molar-refractivity contribution is 0.257. The Labute approximate surface area is 162 Å². The van der Waals surface area contributed by atoms with Gasteiger partial charge in [0, 0.05) is 36.4 Å². The van der Waals surface area contributed by atoms with Crippen LogP contribution in [0, 0.1) is 0 Å². The standard InChI is InChI=1S/C19H22N4O3S/c1-4-23(5-2)14-11-9-13(10-12-14)20-19(24)22-27-18-17-15(25-3)7-6-8-16(17)26-21-18/h6-12H,4-5H2,1-3H3,(H2,20,22,24). The summed E-state index contributed by atoms with van der Waals surface area (Å²) in [6, 6.07) is 12.8. The SMILES string of the molecule is CCN(CC)c1ccc(NC(=O)NSc2noc3cccc(OC)c23)cc1. The van der Waals surface area contributed by atoms with E-state index >= 15 is 0 Å². The molecule has 2 N–H and O–H groups in total. The normalized spacial score (nSPS) is 10.6. The van der Waals surface area contributed by atoms with E-state index in [9.17, 15) is 4.79 Å². The number of nitrogens with zero attached hydrogens (tertiary/aromatic N) is 2. The maximum absolute atomic E-state index is 12.2. The minimum Gasteiger partial charge on any atom is -0.496 e. The summed E-state index contributed by atoms with van der Waals surface area (Å²) in [6.07, 6.45) is 0. The number of anilines is 2. The summed E-state index contributed by atoms with van der Waals surface area (Å²) in [4.78, 5) is 14.4. The Bertz CT molecular complexity index is 907. The number of aromatic nitrogens is 1. The van der Waals surface area contributed by atoms with Gasteiger partial charge in [-0.1, -0.05) is 11.2 Å². The zero-order valence-corrected chi connectivity index (χ0v) is 16.3. The van der Waals surface area contributed by atoms with Gasteiger partial charge in [-0.25, -0.2) is 4.79 Å². The van der Waals surface area contributed by atoms with Crippen molar-refractivity contribution in [2.24, 2.45) is 0 Å². The van der Waals surface area contributed by atoms with Gasteiger partial charge >= 0.3 is 6.03 Å². The highest BCUT2D eigenvalue weighted by Crippen LogP contribution is 2.33. The Hall–Kier alpha value is -2.87. The largest absolute Gasteiger partial charge is 0.496 e. The van der Waals surface area contributed by atoms with Crippen molar-refractivity contribution < 1.29 is 14.1 Å². The summed E-state index contributed by atoms with van der Waals surface area (Å²) in [5.74, 6) is 0.644. The van der Waals surface area contributed by atoms with E-state index in [0.717, 1.165) is 36.1 Å². The zero-order valence-electron chi connectivity index (χ0n) is 15.5. The van der Waals surface area contributed by atoms with E-state index in [2.05, 4.69) is 33.9 Å². The lowest BCUT2D eigenvalue weighted by Crippen LogP contribution is -2.23. The number of nitrogens with one attached hydrogen (secondary N) is 2. The molecule has 27 heavy (non-hydrogen) atoms. The first-order chi connectivity index (χ1) is 13.2. The molecule has 1 aromatic heterocycles. The minimum absolute atomic E-state index is 0.346. The molecule has 0 saturated heterocycles. The van der Waals surface area contributed by atoms with E-state index in [0.29, 0.717) is 22.0 Å². The van der Waals surface area contributed by atoms with Crippen LogP contribution in [0.1, 0.15) is 13.8 Å². The van der Waals surface area contributed by atoms with E-state index in [-0.39, 0.29) is 6.03 Å². The van der Waals surface area contributed by atoms with Gasteiger partial charge in [-0.15, -0.1) is 0 Å². The second-order valence-corrected chi connectivity index (χ2v) is 6.49. The van der Waals surface area contributed by atoms with E-state index in [1.54, 1.807) is 13.2 Å². The third kappa shape index (κ3) is 4.28. The summed E-state index contributed by atoms with van der Waals surface area (Å²) in [5.41, 5.74) is 2.44. The Morgan fingerprint density at radius 1 is 1.19 bits per heavy atom. The van der Waals surface area contributed by atoms with Crippen LogP contribution in [0.25, 0.3) is 11.0 Å². The zero-order chi connectivity index (χ0) is 19.2. The highest BCUT2D eigenvalue weighted by Gasteiger charge is 2.15. The minimum atomic E-state index is -0.346. The Morgan fingerprint density at radius 2 is 1.93 bits per heavy atom. The van der Waals surface area contributed by atoms with E-state index < -0.39 is 0 Å². The molecule has 0 spiro atoms. The maximum Gasteiger partial charge on any atom is 0.329 e. The molecule has 0 unspecified atom stereocenters. The molecule has 1 heterocycles. The van der Waals surface area contributed by atoms with Crippen molar-refractivity contribution in [3.8, 4) is 5.75 Å². The van der Waals surface area contributed by atoms with Crippen LogP contribution in [-0.4, -0.2) is 31.4 Å². The number of ether oxygens (including phenoxy) is 1. The predicted molar refractivity (Wildman–Crippen MR) is 109 cm³/mol. The molecule has 3 aromatic rings. The van der Waals surface area contributed by atoms with Gasteiger partial charge < -0.3 is 19.5 Å². The van der Waals surface area contributed by atoms with Crippen LogP contribution >= 0.6 is 11.9 Å². The number of methoxy groups -OCH3 is 1. The van der Waals surface area contributed by atoms with Gasteiger partial charge in [0.1, 0.15) is 5.75 Å². The third-order valence-corrected chi connectivity index (χ3v) is 4.90. The number of benzene rings is 2. The summed E-state index contributed by atoms with van der Waals surface area (Å²) in [5, 5.41) is 8.06. The number of urea groups is 1. The lowest BCUT2D eigenvalue weighted by Gasteiger charge is -2.21. The predicted octanol–water partition coefficient (Wildman–Crippen LogP) is 4.51. The molecule has 0 aliphatic carbocycles. The average molecular weight is 386 g/mol. The van der Waals surface area contributed by atoms with Crippen LogP contribution in [0.2, 0.25) is 0 Å². The van der Waals surface area contributed by atoms with Crippen molar-refractivity contribution in [2.75, 3.05) is 30.4 Å².